The van der Waals surface area contributed by atoms with E-state index in [2.05, 4.69) is 35.1 Å². The van der Waals surface area contributed by atoms with E-state index in [-0.39, 0.29) is 0 Å². The molecule has 0 amide bonds. The standard InChI is InChI=1S/C16H27N3O/c1-3-17-13(2)15-7-4-9-18-16(15)19-10-5-6-14(12-19)8-11-20/h4,7,9,13-14,17,20H,3,5-6,8,10-12H2,1-2H3. The first-order valence-electron chi connectivity index (χ1n) is 7.80. The number of aliphatic hydroxyl groups is 1. The third-order valence-electron chi connectivity index (χ3n) is 4.15. The summed E-state index contributed by atoms with van der Waals surface area (Å²) in [4.78, 5) is 7.02. The number of rotatable bonds is 6. The number of nitrogens with zero attached hydrogens (tertiary/aromatic N) is 2. The summed E-state index contributed by atoms with van der Waals surface area (Å²) < 4.78 is 0. The van der Waals surface area contributed by atoms with Gasteiger partial charge in [-0.2, -0.15) is 0 Å². The predicted octanol–water partition coefficient (Wildman–Crippen LogP) is 2.35. The Hall–Kier alpha value is -1.13. The summed E-state index contributed by atoms with van der Waals surface area (Å²) in [5.41, 5.74) is 1.28. The maximum Gasteiger partial charge on any atom is 0.133 e. The molecule has 0 spiro atoms. The third kappa shape index (κ3) is 3.70. The monoisotopic (exact) mass is 277 g/mol. The second-order valence-corrected chi connectivity index (χ2v) is 5.66. The Morgan fingerprint density at radius 2 is 2.40 bits per heavy atom. The average molecular weight is 277 g/mol. The van der Waals surface area contributed by atoms with E-state index in [1.165, 1.54) is 18.4 Å². The molecule has 0 saturated carbocycles. The zero-order valence-corrected chi connectivity index (χ0v) is 12.7. The Bertz CT molecular complexity index is 408. The van der Waals surface area contributed by atoms with Crippen LogP contribution in [-0.4, -0.2) is 36.3 Å². The minimum atomic E-state index is 0.293. The second kappa shape index (κ2) is 7.60. The van der Waals surface area contributed by atoms with E-state index in [0.717, 1.165) is 31.9 Å². The summed E-state index contributed by atoms with van der Waals surface area (Å²) in [5, 5.41) is 12.6. The number of nitrogens with one attached hydrogen (secondary N) is 1. The predicted molar refractivity (Wildman–Crippen MR) is 83.0 cm³/mol. The first-order chi connectivity index (χ1) is 9.76. The van der Waals surface area contributed by atoms with Crippen molar-refractivity contribution in [2.45, 2.75) is 39.2 Å². The maximum atomic E-state index is 9.14. The lowest BCUT2D eigenvalue weighted by Gasteiger charge is -2.35. The Morgan fingerprint density at radius 1 is 1.55 bits per heavy atom. The van der Waals surface area contributed by atoms with Crippen molar-refractivity contribution >= 4 is 5.82 Å². The number of piperidine rings is 1. The quantitative estimate of drug-likeness (QED) is 0.838. The second-order valence-electron chi connectivity index (χ2n) is 5.66. The number of hydrogen-bond donors (Lipinski definition) is 2. The molecule has 1 aliphatic heterocycles. The highest BCUT2D eigenvalue weighted by atomic mass is 16.3. The first kappa shape index (κ1) is 15.3. The Labute approximate surface area is 122 Å². The van der Waals surface area contributed by atoms with Crippen molar-refractivity contribution in [2.75, 3.05) is 31.1 Å². The van der Waals surface area contributed by atoms with Gasteiger partial charge < -0.3 is 15.3 Å². The van der Waals surface area contributed by atoms with Crippen molar-refractivity contribution in [3.63, 3.8) is 0 Å². The molecule has 2 rings (SSSR count). The van der Waals surface area contributed by atoms with E-state index in [1.54, 1.807) is 0 Å². The molecule has 2 N–H and O–H groups in total. The highest BCUT2D eigenvalue weighted by Gasteiger charge is 2.23. The summed E-state index contributed by atoms with van der Waals surface area (Å²) in [6.45, 7) is 7.67. The molecule has 2 atom stereocenters. The molecule has 1 fully saturated rings. The minimum Gasteiger partial charge on any atom is -0.396 e. The summed E-state index contributed by atoms with van der Waals surface area (Å²) >= 11 is 0. The highest BCUT2D eigenvalue weighted by molar-refractivity contribution is 5.48. The fourth-order valence-corrected chi connectivity index (χ4v) is 3.10. The van der Waals surface area contributed by atoms with Crippen LogP contribution < -0.4 is 10.2 Å². The molecule has 1 aromatic rings. The Balaban J connectivity index is 2.14. The molecule has 1 aromatic heterocycles. The van der Waals surface area contributed by atoms with Crippen LogP contribution in [0.4, 0.5) is 5.82 Å². The van der Waals surface area contributed by atoms with E-state index in [0.29, 0.717) is 18.6 Å². The largest absolute Gasteiger partial charge is 0.396 e. The van der Waals surface area contributed by atoms with Gasteiger partial charge >= 0.3 is 0 Å². The molecule has 0 radical (unpaired) electrons. The zero-order valence-electron chi connectivity index (χ0n) is 12.7. The molecule has 2 unspecified atom stereocenters. The van der Waals surface area contributed by atoms with Gasteiger partial charge in [-0.3, -0.25) is 0 Å². The van der Waals surface area contributed by atoms with Crippen LogP contribution >= 0.6 is 0 Å². The molecular formula is C16H27N3O. The van der Waals surface area contributed by atoms with Crippen molar-refractivity contribution in [3.05, 3.63) is 23.9 Å². The molecule has 1 saturated heterocycles. The molecule has 1 aliphatic rings. The summed E-state index contributed by atoms with van der Waals surface area (Å²) in [6, 6.07) is 4.51. The van der Waals surface area contributed by atoms with Crippen molar-refractivity contribution < 1.29 is 5.11 Å². The van der Waals surface area contributed by atoms with Crippen LogP contribution in [0.15, 0.2) is 18.3 Å². The molecule has 4 nitrogen and oxygen atoms in total. The van der Waals surface area contributed by atoms with Crippen LogP contribution in [0.2, 0.25) is 0 Å². The molecule has 0 aromatic carbocycles. The topological polar surface area (TPSA) is 48.4 Å². The molecule has 0 aliphatic carbocycles. The lowest BCUT2D eigenvalue weighted by atomic mass is 9.94. The van der Waals surface area contributed by atoms with Gasteiger partial charge in [0.25, 0.3) is 0 Å². The Morgan fingerprint density at radius 3 is 3.15 bits per heavy atom. The van der Waals surface area contributed by atoms with Crippen molar-refractivity contribution in [1.82, 2.24) is 10.3 Å². The molecule has 112 valence electrons. The van der Waals surface area contributed by atoms with Gasteiger partial charge in [0.2, 0.25) is 0 Å². The number of aromatic nitrogens is 1. The van der Waals surface area contributed by atoms with Crippen LogP contribution in [0.5, 0.6) is 0 Å². The van der Waals surface area contributed by atoms with Crippen molar-refractivity contribution in [2.24, 2.45) is 5.92 Å². The molecular weight excluding hydrogens is 250 g/mol. The SMILES string of the molecule is CCNC(C)c1cccnc1N1CCCC(CCO)C1. The lowest BCUT2D eigenvalue weighted by molar-refractivity contribution is 0.244. The van der Waals surface area contributed by atoms with E-state index in [1.807, 2.05) is 12.3 Å². The van der Waals surface area contributed by atoms with Gasteiger partial charge in [0.05, 0.1) is 0 Å². The van der Waals surface area contributed by atoms with Gasteiger partial charge in [-0.25, -0.2) is 4.98 Å². The fourth-order valence-electron chi connectivity index (χ4n) is 3.10. The van der Waals surface area contributed by atoms with E-state index in [4.69, 9.17) is 5.11 Å². The molecule has 20 heavy (non-hydrogen) atoms. The third-order valence-corrected chi connectivity index (χ3v) is 4.15. The number of pyridine rings is 1. The number of anilines is 1. The van der Waals surface area contributed by atoms with Gasteiger partial charge in [0.15, 0.2) is 0 Å². The molecule has 0 bridgehead atoms. The summed E-state index contributed by atoms with van der Waals surface area (Å²) in [7, 11) is 0. The van der Waals surface area contributed by atoms with Crippen LogP contribution in [-0.2, 0) is 0 Å². The Kier molecular flexibility index (Phi) is 5.80. The van der Waals surface area contributed by atoms with Gasteiger partial charge in [-0.05, 0) is 44.7 Å². The van der Waals surface area contributed by atoms with Crippen molar-refractivity contribution in [3.8, 4) is 0 Å². The van der Waals surface area contributed by atoms with Crippen LogP contribution in [0.3, 0.4) is 0 Å². The van der Waals surface area contributed by atoms with Crippen molar-refractivity contribution in [1.29, 1.82) is 0 Å². The first-order valence-corrected chi connectivity index (χ1v) is 7.80. The smallest absolute Gasteiger partial charge is 0.133 e. The van der Waals surface area contributed by atoms with Crippen LogP contribution in [0.25, 0.3) is 0 Å². The fraction of sp³-hybridized carbons (Fsp3) is 0.688. The van der Waals surface area contributed by atoms with E-state index >= 15 is 0 Å². The minimum absolute atomic E-state index is 0.293. The maximum absolute atomic E-state index is 9.14. The van der Waals surface area contributed by atoms with Gasteiger partial charge in [-0.15, -0.1) is 0 Å². The summed E-state index contributed by atoms with van der Waals surface area (Å²) in [6.07, 6.45) is 5.20. The van der Waals surface area contributed by atoms with Gasteiger partial charge in [0, 0.05) is 37.5 Å². The zero-order chi connectivity index (χ0) is 14.4. The summed E-state index contributed by atoms with van der Waals surface area (Å²) in [5.74, 6) is 1.71. The van der Waals surface area contributed by atoms with Gasteiger partial charge in [-0.1, -0.05) is 13.0 Å². The highest BCUT2D eigenvalue weighted by Crippen LogP contribution is 2.28. The van der Waals surface area contributed by atoms with Crippen LogP contribution in [0.1, 0.15) is 44.7 Å². The van der Waals surface area contributed by atoms with Crippen LogP contribution in [0, 0.1) is 5.92 Å². The average Bonchev–Trinajstić information content (AvgIpc) is 2.48. The molecule has 2 heterocycles. The lowest BCUT2D eigenvalue weighted by Crippen LogP contribution is -2.37. The number of aliphatic hydroxyl groups excluding tert-OH is 1. The van der Waals surface area contributed by atoms with E-state index in [9.17, 15) is 0 Å². The number of hydrogen-bond acceptors (Lipinski definition) is 4. The normalized spacial score (nSPS) is 20.9. The molecule has 4 heteroatoms. The van der Waals surface area contributed by atoms with E-state index < -0.39 is 0 Å². The van der Waals surface area contributed by atoms with Gasteiger partial charge in [0.1, 0.15) is 5.82 Å².